The van der Waals surface area contributed by atoms with E-state index in [0.717, 1.165) is 44.3 Å². The number of nitrogens with zero attached hydrogens (tertiary/aromatic N) is 1. The van der Waals surface area contributed by atoms with Crippen molar-refractivity contribution >= 4 is 0 Å². The number of nitrogens with one attached hydrogen (secondary N) is 1. The van der Waals surface area contributed by atoms with Crippen LogP contribution in [0.2, 0.25) is 0 Å². The van der Waals surface area contributed by atoms with Gasteiger partial charge in [0.2, 0.25) is 0 Å². The van der Waals surface area contributed by atoms with Gasteiger partial charge in [-0.1, -0.05) is 12.8 Å². The molecule has 1 aliphatic heterocycles. The van der Waals surface area contributed by atoms with Gasteiger partial charge in [-0.15, -0.1) is 0 Å². The maximum absolute atomic E-state index is 9.03. The summed E-state index contributed by atoms with van der Waals surface area (Å²) in [6, 6.07) is 0.625. The number of hydrogen-bond donors (Lipinski definition) is 3. The van der Waals surface area contributed by atoms with Crippen LogP contribution in [0.15, 0.2) is 0 Å². The van der Waals surface area contributed by atoms with Gasteiger partial charge in [0.25, 0.3) is 0 Å². The molecule has 4 nitrogen and oxygen atoms in total. The molecule has 0 radical (unpaired) electrons. The topological polar surface area (TPSA) is 61.5 Å². The zero-order valence-electron chi connectivity index (χ0n) is 12.9. The molecule has 0 aromatic rings. The van der Waals surface area contributed by atoms with Gasteiger partial charge in [0.05, 0.1) is 0 Å². The van der Waals surface area contributed by atoms with Gasteiger partial charge >= 0.3 is 0 Å². The average molecular weight is 283 g/mol. The minimum absolute atomic E-state index is 0.327. The molecule has 20 heavy (non-hydrogen) atoms. The van der Waals surface area contributed by atoms with Crippen molar-refractivity contribution in [2.45, 2.75) is 51.0 Å². The first-order valence-corrected chi connectivity index (χ1v) is 8.58. The van der Waals surface area contributed by atoms with Gasteiger partial charge in [0.1, 0.15) is 0 Å². The summed E-state index contributed by atoms with van der Waals surface area (Å²) in [5.41, 5.74) is 5.72. The molecule has 0 aromatic heterocycles. The van der Waals surface area contributed by atoms with E-state index in [-0.39, 0.29) is 0 Å². The molecule has 2 atom stereocenters. The van der Waals surface area contributed by atoms with Crippen molar-refractivity contribution in [3.63, 3.8) is 0 Å². The Morgan fingerprint density at radius 1 is 1.15 bits per heavy atom. The molecule has 0 amide bonds. The Morgan fingerprint density at radius 3 is 2.65 bits per heavy atom. The predicted molar refractivity (Wildman–Crippen MR) is 83.7 cm³/mol. The molecule has 1 aliphatic carbocycles. The molecule has 4 heteroatoms. The normalized spacial score (nSPS) is 29.1. The van der Waals surface area contributed by atoms with Crippen molar-refractivity contribution < 1.29 is 5.11 Å². The summed E-state index contributed by atoms with van der Waals surface area (Å²) in [4.78, 5) is 2.51. The molecule has 2 unspecified atom stereocenters. The SMILES string of the molecule is NCCN1CC(CCCO)CC(NCC2CCCC2)C1. The van der Waals surface area contributed by atoms with Crippen molar-refractivity contribution in [1.82, 2.24) is 10.2 Å². The number of aliphatic hydroxyl groups is 1. The van der Waals surface area contributed by atoms with E-state index in [1.807, 2.05) is 0 Å². The highest BCUT2D eigenvalue weighted by molar-refractivity contribution is 4.84. The van der Waals surface area contributed by atoms with E-state index in [2.05, 4.69) is 10.2 Å². The van der Waals surface area contributed by atoms with Crippen molar-refractivity contribution in [2.24, 2.45) is 17.6 Å². The van der Waals surface area contributed by atoms with Crippen LogP contribution in [0, 0.1) is 11.8 Å². The minimum Gasteiger partial charge on any atom is -0.396 e. The van der Waals surface area contributed by atoms with E-state index in [9.17, 15) is 0 Å². The van der Waals surface area contributed by atoms with E-state index in [1.54, 1.807) is 0 Å². The molecule has 1 saturated heterocycles. The quantitative estimate of drug-likeness (QED) is 0.626. The fourth-order valence-corrected chi connectivity index (χ4v) is 3.95. The number of nitrogens with two attached hydrogens (primary N) is 1. The van der Waals surface area contributed by atoms with Gasteiger partial charge in [-0.05, 0) is 50.5 Å². The van der Waals surface area contributed by atoms with Crippen LogP contribution in [-0.2, 0) is 0 Å². The van der Waals surface area contributed by atoms with Gasteiger partial charge < -0.3 is 21.1 Å². The number of aliphatic hydroxyl groups excluding tert-OH is 1. The molecule has 4 N–H and O–H groups in total. The lowest BCUT2D eigenvalue weighted by molar-refractivity contribution is 0.130. The second kappa shape index (κ2) is 8.98. The molecule has 0 bridgehead atoms. The van der Waals surface area contributed by atoms with Gasteiger partial charge in [0, 0.05) is 38.8 Å². The van der Waals surface area contributed by atoms with Crippen LogP contribution in [0.1, 0.15) is 44.9 Å². The number of piperidine rings is 1. The summed E-state index contributed by atoms with van der Waals surface area (Å²) in [7, 11) is 0. The molecule has 0 spiro atoms. The van der Waals surface area contributed by atoms with Crippen LogP contribution in [0.5, 0.6) is 0 Å². The molecular formula is C16H33N3O. The number of rotatable bonds is 8. The Bertz CT molecular complexity index is 256. The zero-order valence-corrected chi connectivity index (χ0v) is 12.9. The van der Waals surface area contributed by atoms with E-state index >= 15 is 0 Å². The lowest BCUT2D eigenvalue weighted by Crippen LogP contribution is -2.51. The Hall–Kier alpha value is -0.160. The molecule has 118 valence electrons. The van der Waals surface area contributed by atoms with Crippen molar-refractivity contribution in [3.05, 3.63) is 0 Å². The largest absolute Gasteiger partial charge is 0.396 e. The third-order valence-electron chi connectivity index (χ3n) is 5.00. The standard InChI is InChI=1S/C16H33N3O/c17-7-8-19-12-15(6-3-9-20)10-16(13-19)18-11-14-4-1-2-5-14/h14-16,18,20H,1-13,17H2. The molecule has 1 heterocycles. The first-order chi connectivity index (χ1) is 9.81. The highest BCUT2D eigenvalue weighted by atomic mass is 16.2. The third kappa shape index (κ3) is 5.32. The maximum Gasteiger partial charge on any atom is 0.0431 e. The van der Waals surface area contributed by atoms with Crippen molar-refractivity contribution in [3.8, 4) is 0 Å². The first-order valence-electron chi connectivity index (χ1n) is 8.58. The summed E-state index contributed by atoms with van der Waals surface area (Å²) >= 11 is 0. The minimum atomic E-state index is 0.327. The average Bonchev–Trinajstić information content (AvgIpc) is 2.96. The molecule has 2 aliphatic rings. The molecule has 2 fully saturated rings. The van der Waals surface area contributed by atoms with E-state index in [4.69, 9.17) is 10.8 Å². The van der Waals surface area contributed by atoms with Gasteiger partial charge in [-0.3, -0.25) is 0 Å². The molecule has 2 rings (SSSR count). The van der Waals surface area contributed by atoms with Crippen LogP contribution in [0.4, 0.5) is 0 Å². The van der Waals surface area contributed by atoms with Gasteiger partial charge in [-0.25, -0.2) is 0 Å². The third-order valence-corrected chi connectivity index (χ3v) is 5.00. The monoisotopic (exact) mass is 283 g/mol. The smallest absolute Gasteiger partial charge is 0.0431 e. The predicted octanol–water partition coefficient (Wildman–Crippen LogP) is 1.19. The molecule has 1 saturated carbocycles. The highest BCUT2D eigenvalue weighted by Gasteiger charge is 2.27. The Labute approximate surface area is 124 Å². The molecular weight excluding hydrogens is 250 g/mol. The Morgan fingerprint density at radius 2 is 1.95 bits per heavy atom. The van der Waals surface area contributed by atoms with Crippen LogP contribution in [0.3, 0.4) is 0 Å². The van der Waals surface area contributed by atoms with Crippen LogP contribution >= 0.6 is 0 Å². The fraction of sp³-hybridized carbons (Fsp3) is 1.00. The number of hydrogen-bond acceptors (Lipinski definition) is 4. The van der Waals surface area contributed by atoms with Crippen LogP contribution in [0.25, 0.3) is 0 Å². The number of likely N-dealkylation sites (tertiary alicyclic amines) is 1. The van der Waals surface area contributed by atoms with Crippen LogP contribution < -0.4 is 11.1 Å². The second-order valence-electron chi connectivity index (χ2n) is 6.77. The van der Waals surface area contributed by atoms with Crippen molar-refractivity contribution in [1.29, 1.82) is 0 Å². The Balaban J connectivity index is 1.76. The summed E-state index contributed by atoms with van der Waals surface area (Å²) in [5, 5.41) is 12.8. The lowest BCUT2D eigenvalue weighted by atomic mass is 9.90. The second-order valence-corrected chi connectivity index (χ2v) is 6.77. The van der Waals surface area contributed by atoms with Crippen LogP contribution in [-0.4, -0.2) is 55.4 Å². The first kappa shape index (κ1) is 16.2. The van der Waals surface area contributed by atoms with E-state index in [1.165, 1.54) is 45.2 Å². The summed E-state index contributed by atoms with van der Waals surface area (Å²) in [5.74, 6) is 1.64. The highest BCUT2D eigenvalue weighted by Crippen LogP contribution is 2.25. The fourth-order valence-electron chi connectivity index (χ4n) is 3.95. The summed E-state index contributed by atoms with van der Waals surface area (Å²) < 4.78 is 0. The van der Waals surface area contributed by atoms with Gasteiger partial charge in [-0.2, -0.15) is 0 Å². The lowest BCUT2D eigenvalue weighted by Gasteiger charge is -2.38. The summed E-state index contributed by atoms with van der Waals surface area (Å²) in [6.45, 7) is 5.61. The Kier molecular flexibility index (Phi) is 7.28. The summed E-state index contributed by atoms with van der Waals surface area (Å²) in [6.07, 6.45) is 9.05. The van der Waals surface area contributed by atoms with Gasteiger partial charge in [0.15, 0.2) is 0 Å². The molecule has 0 aromatic carbocycles. The van der Waals surface area contributed by atoms with E-state index in [0.29, 0.717) is 12.6 Å². The maximum atomic E-state index is 9.03. The zero-order chi connectivity index (χ0) is 14.2. The van der Waals surface area contributed by atoms with E-state index < -0.39 is 0 Å². The van der Waals surface area contributed by atoms with Crippen molar-refractivity contribution in [2.75, 3.05) is 39.3 Å².